The lowest BCUT2D eigenvalue weighted by molar-refractivity contribution is 0.0953. The Hall–Kier alpha value is -2.25. The van der Waals surface area contributed by atoms with Crippen molar-refractivity contribution in [3.8, 4) is 0 Å². The zero-order valence-corrected chi connectivity index (χ0v) is 16.7. The van der Waals surface area contributed by atoms with Gasteiger partial charge in [-0.2, -0.15) is 0 Å². The van der Waals surface area contributed by atoms with Crippen LogP contribution < -0.4 is 10.9 Å². The molecule has 0 aliphatic carbocycles. The second kappa shape index (κ2) is 8.63. The summed E-state index contributed by atoms with van der Waals surface area (Å²) in [6, 6.07) is 8.96. The Bertz CT molecular complexity index is 995. The molecule has 2 N–H and O–H groups in total. The minimum absolute atomic E-state index is 0.233. The minimum Gasteiger partial charge on any atom is -0.352 e. The van der Waals surface area contributed by atoms with Crippen molar-refractivity contribution in [1.29, 1.82) is 0 Å². The van der Waals surface area contributed by atoms with Gasteiger partial charge < -0.3 is 5.32 Å². The van der Waals surface area contributed by atoms with Crippen LogP contribution in [0.15, 0.2) is 46.2 Å². The average Bonchev–Trinajstić information content (AvgIpc) is 3.05. The van der Waals surface area contributed by atoms with Crippen molar-refractivity contribution >= 4 is 34.9 Å². The van der Waals surface area contributed by atoms with E-state index in [9.17, 15) is 9.59 Å². The van der Waals surface area contributed by atoms with E-state index in [1.807, 2.05) is 24.3 Å². The van der Waals surface area contributed by atoms with Crippen molar-refractivity contribution in [1.82, 2.24) is 19.9 Å². The molecule has 0 fully saturated rings. The van der Waals surface area contributed by atoms with Crippen LogP contribution in [-0.4, -0.2) is 27.0 Å². The van der Waals surface area contributed by atoms with Gasteiger partial charge in [0.05, 0.1) is 5.69 Å². The van der Waals surface area contributed by atoms with Gasteiger partial charge in [-0.3, -0.25) is 14.7 Å². The zero-order chi connectivity index (χ0) is 19.4. The summed E-state index contributed by atoms with van der Waals surface area (Å²) in [5, 5.41) is 6.36. The number of hydrogen-bond acceptors (Lipinski definition) is 4. The van der Waals surface area contributed by atoms with E-state index in [4.69, 9.17) is 11.6 Å². The highest BCUT2D eigenvalue weighted by atomic mass is 35.5. The molecular formula is C19H21ClN4O2S. The van der Waals surface area contributed by atoms with E-state index in [2.05, 4.69) is 29.2 Å². The van der Waals surface area contributed by atoms with Crippen molar-refractivity contribution in [2.24, 2.45) is 5.92 Å². The van der Waals surface area contributed by atoms with Crippen LogP contribution in [0.3, 0.4) is 0 Å². The third kappa shape index (κ3) is 4.93. The van der Waals surface area contributed by atoms with E-state index in [0.717, 1.165) is 11.3 Å². The van der Waals surface area contributed by atoms with Gasteiger partial charge in [-0.05, 0) is 36.6 Å². The van der Waals surface area contributed by atoms with Crippen molar-refractivity contribution in [3.63, 3.8) is 0 Å². The molecule has 27 heavy (non-hydrogen) atoms. The predicted octanol–water partition coefficient (Wildman–Crippen LogP) is 3.74. The van der Waals surface area contributed by atoms with E-state index in [0.29, 0.717) is 40.1 Å². The molecule has 0 saturated carbocycles. The van der Waals surface area contributed by atoms with Crippen LogP contribution in [0, 0.1) is 5.92 Å². The Morgan fingerprint density at radius 3 is 2.78 bits per heavy atom. The quantitative estimate of drug-likeness (QED) is 0.588. The molecule has 3 aromatic rings. The third-order valence-corrected chi connectivity index (χ3v) is 5.30. The molecule has 142 valence electrons. The summed E-state index contributed by atoms with van der Waals surface area (Å²) in [6.07, 6.45) is 2.41. The Morgan fingerprint density at radius 2 is 2.07 bits per heavy atom. The fraction of sp³-hybridized carbons (Fsp3) is 0.316. The highest BCUT2D eigenvalue weighted by Crippen LogP contribution is 2.23. The third-order valence-electron chi connectivity index (χ3n) is 4.00. The summed E-state index contributed by atoms with van der Waals surface area (Å²) >= 11 is 7.45. The zero-order valence-electron chi connectivity index (χ0n) is 15.2. The molecule has 0 aliphatic rings. The Balaban J connectivity index is 1.78. The molecule has 0 radical (unpaired) electrons. The number of carbonyl (C=O) groups excluding carboxylic acids is 1. The number of hydrogen-bond donors (Lipinski definition) is 2. The van der Waals surface area contributed by atoms with Crippen LogP contribution in [0.1, 0.15) is 36.3 Å². The number of nitrogens with zero attached hydrogens (tertiary/aromatic N) is 2. The predicted molar refractivity (Wildman–Crippen MR) is 109 cm³/mol. The molecule has 1 amide bonds. The van der Waals surface area contributed by atoms with Crippen molar-refractivity contribution < 1.29 is 4.79 Å². The number of halogens is 1. The molecule has 0 spiro atoms. The van der Waals surface area contributed by atoms with Crippen LogP contribution in [0.2, 0.25) is 5.02 Å². The standard InChI is InChI=1S/C19H21ClN4O2S/c1-12(2)7-8-21-19(26)16-10-22-24-17(25)9-14(23-18(16)24)11-27-15-5-3-13(20)4-6-15/h3-6,9-10,12,22H,7-8,11H2,1-2H3,(H,21,26). The highest BCUT2D eigenvalue weighted by molar-refractivity contribution is 7.98. The fourth-order valence-corrected chi connectivity index (χ4v) is 3.44. The first-order valence-corrected chi connectivity index (χ1v) is 10.1. The second-order valence-corrected chi connectivity index (χ2v) is 8.10. The summed E-state index contributed by atoms with van der Waals surface area (Å²) in [4.78, 5) is 30.3. The van der Waals surface area contributed by atoms with E-state index in [1.165, 1.54) is 16.8 Å². The second-order valence-electron chi connectivity index (χ2n) is 6.61. The smallest absolute Gasteiger partial charge is 0.272 e. The van der Waals surface area contributed by atoms with Crippen LogP contribution in [0.4, 0.5) is 0 Å². The lowest BCUT2D eigenvalue weighted by atomic mass is 10.1. The number of thioether (sulfide) groups is 1. The molecule has 0 unspecified atom stereocenters. The molecular weight excluding hydrogens is 384 g/mol. The maximum Gasteiger partial charge on any atom is 0.272 e. The summed E-state index contributed by atoms with van der Waals surface area (Å²) in [5.74, 6) is 0.793. The van der Waals surface area contributed by atoms with Gasteiger partial charge in [-0.25, -0.2) is 9.50 Å². The van der Waals surface area contributed by atoms with Gasteiger partial charge in [0.15, 0.2) is 5.65 Å². The minimum atomic E-state index is -0.243. The van der Waals surface area contributed by atoms with Gasteiger partial charge in [0, 0.05) is 34.5 Å². The number of amides is 1. The molecule has 8 heteroatoms. The maximum atomic E-state index is 12.4. The largest absolute Gasteiger partial charge is 0.352 e. The molecule has 1 aromatic carbocycles. The van der Waals surface area contributed by atoms with Gasteiger partial charge in [0.25, 0.3) is 11.5 Å². The number of fused-ring (bicyclic) bond motifs is 1. The maximum absolute atomic E-state index is 12.4. The molecule has 2 aromatic heterocycles. The number of rotatable bonds is 7. The molecule has 3 rings (SSSR count). The topological polar surface area (TPSA) is 79.3 Å². The SMILES string of the molecule is CC(C)CCNC(=O)c1c[nH]n2c(=O)cc(CSc3ccc(Cl)cc3)nc12. The first-order valence-electron chi connectivity index (χ1n) is 8.70. The summed E-state index contributed by atoms with van der Waals surface area (Å²) in [7, 11) is 0. The molecule has 6 nitrogen and oxygen atoms in total. The van der Waals surface area contributed by atoms with E-state index in [-0.39, 0.29) is 11.5 Å². The molecule has 0 atom stereocenters. The summed E-state index contributed by atoms with van der Waals surface area (Å²) < 4.78 is 1.29. The van der Waals surface area contributed by atoms with Gasteiger partial charge >= 0.3 is 0 Å². The van der Waals surface area contributed by atoms with Crippen molar-refractivity contribution in [3.05, 3.63) is 63.2 Å². The van der Waals surface area contributed by atoms with Gasteiger partial charge in [0.1, 0.15) is 5.56 Å². The fourth-order valence-electron chi connectivity index (χ4n) is 2.53. The van der Waals surface area contributed by atoms with Gasteiger partial charge in [-0.15, -0.1) is 11.8 Å². The summed E-state index contributed by atoms with van der Waals surface area (Å²) in [5.41, 5.74) is 1.09. The van der Waals surface area contributed by atoms with Crippen molar-refractivity contribution in [2.45, 2.75) is 30.9 Å². The van der Waals surface area contributed by atoms with Crippen molar-refractivity contribution in [2.75, 3.05) is 6.54 Å². The Labute approximate surface area is 166 Å². The van der Waals surface area contributed by atoms with Crippen LogP contribution in [-0.2, 0) is 5.75 Å². The van der Waals surface area contributed by atoms with Crippen LogP contribution in [0.25, 0.3) is 5.65 Å². The number of aromatic amines is 1. The van der Waals surface area contributed by atoms with E-state index < -0.39 is 0 Å². The Morgan fingerprint density at radius 1 is 1.33 bits per heavy atom. The van der Waals surface area contributed by atoms with Crippen LogP contribution in [0.5, 0.6) is 0 Å². The first kappa shape index (κ1) is 19.5. The normalized spacial score (nSPS) is 11.3. The lowest BCUT2D eigenvalue weighted by Gasteiger charge is -2.06. The average molecular weight is 405 g/mol. The van der Waals surface area contributed by atoms with E-state index in [1.54, 1.807) is 11.8 Å². The monoisotopic (exact) mass is 404 g/mol. The van der Waals surface area contributed by atoms with Gasteiger partial charge in [0.2, 0.25) is 0 Å². The molecule has 0 bridgehead atoms. The molecule has 0 aliphatic heterocycles. The Kier molecular flexibility index (Phi) is 6.23. The number of H-pyrrole nitrogens is 1. The highest BCUT2D eigenvalue weighted by Gasteiger charge is 2.15. The van der Waals surface area contributed by atoms with Crippen LogP contribution >= 0.6 is 23.4 Å². The first-order chi connectivity index (χ1) is 12.9. The molecule has 0 saturated heterocycles. The number of carbonyl (C=O) groups is 1. The number of benzene rings is 1. The summed E-state index contributed by atoms with van der Waals surface area (Å²) in [6.45, 7) is 4.79. The van der Waals surface area contributed by atoms with Gasteiger partial charge in [-0.1, -0.05) is 25.4 Å². The lowest BCUT2D eigenvalue weighted by Crippen LogP contribution is -2.25. The number of nitrogens with one attached hydrogen (secondary N) is 2. The number of aromatic nitrogens is 3. The molecule has 2 heterocycles. The van der Waals surface area contributed by atoms with E-state index >= 15 is 0 Å².